The van der Waals surface area contributed by atoms with Gasteiger partial charge in [0, 0.05) is 14.9 Å². The molecule has 1 unspecified atom stereocenters. The maximum absolute atomic E-state index is 10.3. The summed E-state index contributed by atoms with van der Waals surface area (Å²) in [7, 11) is 1.60. The summed E-state index contributed by atoms with van der Waals surface area (Å²) < 4.78 is 6.65. The van der Waals surface area contributed by atoms with E-state index in [1.54, 1.807) is 13.2 Å². The van der Waals surface area contributed by atoms with E-state index in [0.717, 1.165) is 14.9 Å². The number of halogens is 2. The van der Waals surface area contributed by atoms with Gasteiger partial charge in [-0.3, -0.25) is 0 Å². The van der Waals surface area contributed by atoms with Gasteiger partial charge in [-0.05, 0) is 30.3 Å². The molecule has 1 heterocycles. The monoisotopic (exact) mass is 332 g/mol. The van der Waals surface area contributed by atoms with Crippen molar-refractivity contribution >= 4 is 38.9 Å². The molecule has 0 spiro atoms. The van der Waals surface area contributed by atoms with Crippen LogP contribution in [0, 0.1) is 0 Å². The Bertz CT molecular complexity index is 527. The van der Waals surface area contributed by atoms with E-state index in [2.05, 4.69) is 15.9 Å². The number of hydrogen-bond donors (Lipinski definition) is 1. The Morgan fingerprint density at radius 2 is 2.12 bits per heavy atom. The van der Waals surface area contributed by atoms with E-state index < -0.39 is 6.10 Å². The van der Waals surface area contributed by atoms with Crippen molar-refractivity contribution in [2.45, 2.75) is 6.10 Å². The van der Waals surface area contributed by atoms with Crippen molar-refractivity contribution in [1.82, 2.24) is 0 Å². The predicted molar refractivity (Wildman–Crippen MR) is 74.1 cm³/mol. The van der Waals surface area contributed by atoms with Gasteiger partial charge in [-0.1, -0.05) is 27.5 Å². The van der Waals surface area contributed by atoms with Crippen LogP contribution in [0.1, 0.15) is 16.5 Å². The highest BCUT2D eigenvalue weighted by Crippen LogP contribution is 2.35. The van der Waals surface area contributed by atoms with Gasteiger partial charge >= 0.3 is 0 Å². The Morgan fingerprint density at radius 3 is 2.71 bits per heavy atom. The third-order valence-corrected chi connectivity index (χ3v) is 4.37. The smallest absolute Gasteiger partial charge is 0.119 e. The highest BCUT2D eigenvalue weighted by Gasteiger charge is 2.16. The van der Waals surface area contributed by atoms with Crippen LogP contribution < -0.4 is 4.74 Å². The van der Waals surface area contributed by atoms with Crippen LogP contribution in [0.4, 0.5) is 0 Å². The lowest BCUT2D eigenvalue weighted by molar-refractivity contribution is 0.223. The molecule has 0 amide bonds. The van der Waals surface area contributed by atoms with Gasteiger partial charge in [-0.15, -0.1) is 11.3 Å². The predicted octanol–water partition coefficient (Wildman–Crippen LogP) is 4.25. The summed E-state index contributed by atoms with van der Waals surface area (Å²) >= 11 is 10.6. The molecule has 1 aromatic heterocycles. The summed E-state index contributed by atoms with van der Waals surface area (Å²) in [5, 5.41) is 10.3. The number of hydrogen-bond acceptors (Lipinski definition) is 3. The number of aliphatic hydroxyl groups is 1. The van der Waals surface area contributed by atoms with Crippen molar-refractivity contribution in [3.05, 3.63) is 49.6 Å². The summed E-state index contributed by atoms with van der Waals surface area (Å²) in [6.45, 7) is 0. The lowest BCUT2D eigenvalue weighted by Gasteiger charge is -2.12. The van der Waals surface area contributed by atoms with Gasteiger partial charge in [0.15, 0.2) is 0 Å². The minimum Gasteiger partial charge on any atom is -0.497 e. The average molecular weight is 334 g/mol. The molecule has 0 radical (unpaired) electrons. The molecule has 2 aromatic rings. The molecule has 0 saturated heterocycles. The van der Waals surface area contributed by atoms with Gasteiger partial charge in [0.2, 0.25) is 0 Å². The zero-order valence-corrected chi connectivity index (χ0v) is 12.1. The van der Waals surface area contributed by atoms with Crippen LogP contribution in [-0.2, 0) is 0 Å². The third-order valence-electron chi connectivity index (χ3n) is 2.36. The van der Waals surface area contributed by atoms with Gasteiger partial charge in [-0.25, -0.2) is 0 Å². The van der Waals surface area contributed by atoms with Crippen LogP contribution in [0.3, 0.4) is 0 Å². The number of ether oxygens (including phenoxy) is 1. The van der Waals surface area contributed by atoms with Gasteiger partial charge in [0.05, 0.1) is 11.4 Å². The number of aliphatic hydroxyl groups excluding tert-OH is 1. The second kappa shape index (κ2) is 5.40. The van der Waals surface area contributed by atoms with Gasteiger partial charge < -0.3 is 9.84 Å². The first-order valence-electron chi connectivity index (χ1n) is 4.88. The van der Waals surface area contributed by atoms with E-state index in [1.165, 1.54) is 11.3 Å². The maximum atomic E-state index is 10.3. The molecular weight excluding hydrogens is 324 g/mol. The average Bonchev–Trinajstić information content (AvgIpc) is 2.76. The maximum Gasteiger partial charge on any atom is 0.119 e. The summed E-state index contributed by atoms with van der Waals surface area (Å²) in [6, 6.07) is 9.10. The highest BCUT2D eigenvalue weighted by molar-refractivity contribution is 9.10. The fourth-order valence-electron chi connectivity index (χ4n) is 1.49. The van der Waals surface area contributed by atoms with Crippen molar-refractivity contribution in [2.24, 2.45) is 0 Å². The number of benzene rings is 1. The standard InChI is InChI=1S/C12H10BrClO2S/c1-16-7-2-3-9(13)8(6-7)12(15)10-4-5-11(14)17-10/h2-6,12,15H,1H3. The summed E-state index contributed by atoms with van der Waals surface area (Å²) in [4.78, 5) is 0.809. The van der Waals surface area contributed by atoms with E-state index >= 15 is 0 Å². The minimum absolute atomic E-state index is 0.665. The van der Waals surface area contributed by atoms with E-state index in [1.807, 2.05) is 24.3 Å². The Kier molecular flexibility index (Phi) is 4.09. The van der Waals surface area contributed by atoms with Crippen molar-refractivity contribution in [1.29, 1.82) is 0 Å². The lowest BCUT2D eigenvalue weighted by atomic mass is 10.1. The van der Waals surface area contributed by atoms with E-state index in [-0.39, 0.29) is 0 Å². The number of rotatable bonds is 3. The molecule has 1 N–H and O–H groups in total. The van der Waals surface area contributed by atoms with Gasteiger partial charge in [-0.2, -0.15) is 0 Å². The molecule has 1 aromatic carbocycles. The number of methoxy groups -OCH3 is 1. The normalized spacial score (nSPS) is 12.5. The molecule has 90 valence electrons. The van der Waals surface area contributed by atoms with Gasteiger partial charge in [0.1, 0.15) is 11.9 Å². The summed E-state index contributed by atoms with van der Waals surface area (Å²) in [5.74, 6) is 0.713. The molecule has 5 heteroatoms. The molecule has 2 rings (SSSR count). The van der Waals surface area contributed by atoms with Crippen molar-refractivity contribution in [3.8, 4) is 5.75 Å². The Hall–Kier alpha value is -0.550. The van der Waals surface area contributed by atoms with Crippen LogP contribution in [0.25, 0.3) is 0 Å². The van der Waals surface area contributed by atoms with Crippen molar-refractivity contribution in [2.75, 3.05) is 7.11 Å². The Morgan fingerprint density at radius 1 is 1.35 bits per heavy atom. The van der Waals surface area contributed by atoms with Crippen LogP contribution in [0.5, 0.6) is 5.75 Å². The quantitative estimate of drug-likeness (QED) is 0.909. The number of thiophene rings is 1. The first-order valence-corrected chi connectivity index (χ1v) is 6.87. The van der Waals surface area contributed by atoms with E-state index in [0.29, 0.717) is 10.1 Å². The van der Waals surface area contributed by atoms with Crippen molar-refractivity contribution in [3.63, 3.8) is 0 Å². The molecule has 1 atom stereocenters. The van der Waals surface area contributed by atoms with Crippen molar-refractivity contribution < 1.29 is 9.84 Å². The topological polar surface area (TPSA) is 29.5 Å². The first kappa shape index (κ1) is 12.9. The molecule has 0 aliphatic heterocycles. The molecule has 2 nitrogen and oxygen atoms in total. The van der Waals surface area contributed by atoms with Crippen LogP contribution in [0.15, 0.2) is 34.8 Å². The Labute approximate surface area is 117 Å². The summed E-state index contributed by atoms with van der Waals surface area (Å²) in [5.41, 5.74) is 0.767. The first-order chi connectivity index (χ1) is 8.11. The lowest BCUT2D eigenvalue weighted by Crippen LogP contribution is -1.99. The van der Waals surface area contributed by atoms with Crippen LogP contribution in [-0.4, -0.2) is 12.2 Å². The molecule has 0 aliphatic rings. The molecule has 17 heavy (non-hydrogen) atoms. The van der Waals surface area contributed by atoms with Crippen LogP contribution in [0.2, 0.25) is 4.34 Å². The van der Waals surface area contributed by atoms with E-state index in [9.17, 15) is 5.11 Å². The highest BCUT2D eigenvalue weighted by atomic mass is 79.9. The van der Waals surface area contributed by atoms with E-state index in [4.69, 9.17) is 16.3 Å². The zero-order chi connectivity index (χ0) is 12.4. The van der Waals surface area contributed by atoms with Gasteiger partial charge in [0.25, 0.3) is 0 Å². The second-order valence-electron chi connectivity index (χ2n) is 3.43. The second-order valence-corrected chi connectivity index (χ2v) is 6.03. The SMILES string of the molecule is COc1ccc(Br)c(C(O)c2ccc(Cl)s2)c1. The molecule has 0 fully saturated rings. The fourth-order valence-corrected chi connectivity index (χ4v) is 3.02. The molecule has 0 bridgehead atoms. The fraction of sp³-hybridized carbons (Fsp3) is 0.167. The molecule has 0 saturated carbocycles. The summed E-state index contributed by atoms with van der Waals surface area (Å²) in [6.07, 6.45) is -0.697. The van der Waals surface area contributed by atoms with Crippen LogP contribution >= 0.6 is 38.9 Å². The zero-order valence-electron chi connectivity index (χ0n) is 8.98. The Balaban J connectivity index is 2.39. The minimum atomic E-state index is -0.697. The largest absolute Gasteiger partial charge is 0.497 e. The molecular formula is C12H10BrClO2S. The third kappa shape index (κ3) is 2.83. The molecule has 0 aliphatic carbocycles.